The Kier molecular flexibility index (Phi) is 4.28. The van der Waals surface area contributed by atoms with E-state index in [1.165, 1.54) is 0 Å². The van der Waals surface area contributed by atoms with Crippen molar-refractivity contribution in [3.05, 3.63) is 29.6 Å². The van der Waals surface area contributed by atoms with Crippen LogP contribution in [0.4, 0.5) is 0 Å². The average molecular weight is 249 g/mol. The fourth-order valence-corrected chi connectivity index (χ4v) is 2.02. The summed E-state index contributed by atoms with van der Waals surface area (Å²) in [6.45, 7) is 4.98. The van der Waals surface area contributed by atoms with Crippen LogP contribution in [0, 0.1) is 6.92 Å². The van der Waals surface area contributed by atoms with Gasteiger partial charge in [-0.25, -0.2) is 0 Å². The second kappa shape index (κ2) is 5.93. The lowest BCUT2D eigenvalue weighted by Crippen LogP contribution is -2.40. The van der Waals surface area contributed by atoms with Crippen molar-refractivity contribution in [3.8, 4) is 0 Å². The SMILES string of the molecule is Cc1ccc([C@@H]2CN(CCC(N)=O)CCO2)nc1. The minimum Gasteiger partial charge on any atom is -0.370 e. The summed E-state index contributed by atoms with van der Waals surface area (Å²) < 4.78 is 5.72. The highest BCUT2D eigenvalue weighted by Crippen LogP contribution is 2.20. The molecular weight excluding hydrogens is 230 g/mol. The van der Waals surface area contributed by atoms with Crippen molar-refractivity contribution in [2.24, 2.45) is 5.73 Å². The van der Waals surface area contributed by atoms with Gasteiger partial charge in [-0.2, -0.15) is 0 Å². The van der Waals surface area contributed by atoms with Gasteiger partial charge in [0, 0.05) is 32.3 Å². The molecule has 1 aliphatic heterocycles. The predicted octanol–water partition coefficient (Wildman–Crippen LogP) is 0.639. The molecule has 2 rings (SSSR count). The number of primary amides is 1. The van der Waals surface area contributed by atoms with Gasteiger partial charge in [-0.15, -0.1) is 0 Å². The fraction of sp³-hybridized carbons (Fsp3) is 0.538. The molecule has 2 heterocycles. The molecule has 0 aliphatic carbocycles. The number of hydrogen-bond donors (Lipinski definition) is 1. The molecule has 0 spiro atoms. The highest BCUT2D eigenvalue weighted by atomic mass is 16.5. The summed E-state index contributed by atoms with van der Waals surface area (Å²) >= 11 is 0. The van der Waals surface area contributed by atoms with Crippen molar-refractivity contribution >= 4 is 5.91 Å². The van der Waals surface area contributed by atoms with Crippen molar-refractivity contribution in [1.29, 1.82) is 0 Å². The van der Waals surface area contributed by atoms with Crippen LogP contribution in [-0.4, -0.2) is 42.0 Å². The minimum absolute atomic E-state index is 0.00720. The highest BCUT2D eigenvalue weighted by molar-refractivity contribution is 5.73. The van der Waals surface area contributed by atoms with E-state index < -0.39 is 0 Å². The Morgan fingerprint density at radius 1 is 1.61 bits per heavy atom. The molecule has 0 saturated carbocycles. The summed E-state index contributed by atoms with van der Waals surface area (Å²) in [5.41, 5.74) is 7.25. The molecule has 1 fully saturated rings. The van der Waals surface area contributed by atoms with Crippen LogP contribution in [0.1, 0.15) is 23.8 Å². The molecule has 18 heavy (non-hydrogen) atoms. The van der Waals surface area contributed by atoms with E-state index in [1.54, 1.807) is 0 Å². The maximum Gasteiger partial charge on any atom is 0.218 e. The van der Waals surface area contributed by atoms with Crippen LogP contribution in [0.15, 0.2) is 18.3 Å². The number of carbonyl (C=O) groups is 1. The number of carbonyl (C=O) groups excluding carboxylic acids is 1. The zero-order chi connectivity index (χ0) is 13.0. The molecule has 5 heteroatoms. The molecule has 1 amide bonds. The number of aromatic nitrogens is 1. The van der Waals surface area contributed by atoms with Crippen LogP contribution in [0.5, 0.6) is 0 Å². The summed E-state index contributed by atoms with van der Waals surface area (Å²) in [7, 11) is 0. The number of nitrogens with two attached hydrogens (primary N) is 1. The van der Waals surface area contributed by atoms with Gasteiger partial charge >= 0.3 is 0 Å². The number of amides is 1. The third kappa shape index (κ3) is 3.51. The van der Waals surface area contributed by atoms with E-state index in [0.717, 1.165) is 24.3 Å². The first-order chi connectivity index (χ1) is 8.65. The molecule has 1 aromatic rings. The van der Waals surface area contributed by atoms with E-state index >= 15 is 0 Å². The summed E-state index contributed by atoms with van der Waals surface area (Å²) in [5, 5.41) is 0. The first-order valence-electron chi connectivity index (χ1n) is 6.20. The summed E-state index contributed by atoms with van der Waals surface area (Å²) in [5.74, 6) is -0.258. The third-order valence-electron chi connectivity index (χ3n) is 3.09. The number of pyridine rings is 1. The third-order valence-corrected chi connectivity index (χ3v) is 3.09. The zero-order valence-corrected chi connectivity index (χ0v) is 10.6. The second-order valence-electron chi connectivity index (χ2n) is 4.64. The summed E-state index contributed by atoms with van der Waals surface area (Å²) in [4.78, 5) is 17.4. The monoisotopic (exact) mass is 249 g/mol. The van der Waals surface area contributed by atoms with E-state index in [-0.39, 0.29) is 12.0 Å². The van der Waals surface area contributed by atoms with E-state index in [0.29, 0.717) is 19.6 Å². The summed E-state index contributed by atoms with van der Waals surface area (Å²) in [6.07, 6.45) is 2.24. The van der Waals surface area contributed by atoms with Crippen molar-refractivity contribution < 1.29 is 9.53 Å². The minimum atomic E-state index is -0.258. The number of ether oxygens (including phenoxy) is 1. The van der Waals surface area contributed by atoms with E-state index in [2.05, 4.69) is 9.88 Å². The average Bonchev–Trinajstić information content (AvgIpc) is 2.37. The van der Waals surface area contributed by atoms with Gasteiger partial charge in [0.15, 0.2) is 0 Å². The number of rotatable bonds is 4. The smallest absolute Gasteiger partial charge is 0.218 e. The second-order valence-corrected chi connectivity index (χ2v) is 4.64. The quantitative estimate of drug-likeness (QED) is 0.850. The normalized spacial score (nSPS) is 20.8. The fourth-order valence-electron chi connectivity index (χ4n) is 2.02. The van der Waals surface area contributed by atoms with Crippen LogP contribution < -0.4 is 5.73 Å². The van der Waals surface area contributed by atoms with Crippen molar-refractivity contribution in [1.82, 2.24) is 9.88 Å². The number of hydrogen-bond acceptors (Lipinski definition) is 4. The molecule has 5 nitrogen and oxygen atoms in total. The molecule has 0 radical (unpaired) electrons. The number of morpholine rings is 1. The van der Waals surface area contributed by atoms with Crippen molar-refractivity contribution in [2.75, 3.05) is 26.2 Å². The topological polar surface area (TPSA) is 68.5 Å². The maximum absolute atomic E-state index is 10.8. The van der Waals surface area contributed by atoms with Crippen molar-refractivity contribution in [2.45, 2.75) is 19.4 Å². The molecule has 98 valence electrons. The maximum atomic E-state index is 10.8. The van der Waals surface area contributed by atoms with Crippen LogP contribution in [-0.2, 0) is 9.53 Å². The lowest BCUT2D eigenvalue weighted by molar-refractivity contribution is -0.118. The predicted molar refractivity (Wildman–Crippen MR) is 67.9 cm³/mol. The first-order valence-corrected chi connectivity index (χ1v) is 6.20. The number of aryl methyl sites for hydroxylation is 1. The van der Waals surface area contributed by atoms with Crippen LogP contribution in [0.2, 0.25) is 0 Å². The molecule has 0 aromatic carbocycles. The molecule has 2 N–H and O–H groups in total. The lowest BCUT2D eigenvalue weighted by atomic mass is 10.1. The Morgan fingerprint density at radius 2 is 2.44 bits per heavy atom. The van der Waals surface area contributed by atoms with Gasteiger partial charge in [-0.05, 0) is 18.6 Å². The first kappa shape index (κ1) is 13.0. The van der Waals surface area contributed by atoms with Gasteiger partial charge < -0.3 is 10.5 Å². The number of nitrogens with zero attached hydrogens (tertiary/aromatic N) is 2. The van der Waals surface area contributed by atoms with Crippen LogP contribution >= 0.6 is 0 Å². The van der Waals surface area contributed by atoms with Gasteiger partial charge in [0.25, 0.3) is 0 Å². The van der Waals surface area contributed by atoms with Gasteiger partial charge in [-0.1, -0.05) is 6.07 Å². The standard InChI is InChI=1S/C13H19N3O2/c1-10-2-3-11(15-8-10)12-9-16(6-7-18-12)5-4-13(14)17/h2-3,8,12H,4-7,9H2,1H3,(H2,14,17)/t12-/m0/s1. The Balaban J connectivity index is 1.93. The Labute approximate surface area is 107 Å². The molecule has 1 atom stereocenters. The Bertz CT molecular complexity index is 405. The van der Waals surface area contributed by atoms with Crippen LogP contribution in [0.25, 0.3) is 0 Å². The molecule has 1 aromatic heterocycles. The van der Waals surface area contributed by atoms with E-state index in [1.807, 2.05) is 25.3 Å². The van der Waals surface area contributed by atoms with E-state index in [9.17, 15) is 4.79 Å². The Morgan fingerprint density at radius 3 is 3.11 bits per heavy atom. The van der Waals surface area contributed by atoms with Gasteiger partial charge in [0.1, 0.15) is 6.10 Å². The van der Waals surface area contributed by atoms with Crippen molar-refractivity contribution in [3.63, 3.8) is 0 Å². The van der Waals surface area contributed by atoms with Gasteiger partial charge in [0.2, 0.25) is 5.91 Å². The molecule has 1 saturated heterocycles. The lowest BCUT2D eigenvalue weighted by Gasteiger charge is -2.32. The van der Waals surface area contributed by atoms with Gasteiger partial charge in [-0.3, -0.25) is 14.7 Å². The largest absolute Gasteiger partial charge is 0.370 e. The molecule has 0 bridgehead atoms. The highest BCUT2D eigenvalue weighted by Gasteiger charge is 2.22. The zero-order valence-electron chi connectivity index (χ0n) is 10.6. The summed E-state index contributed by atoms with van der Waals surface area (Å²) in [6, 6.07) is 4.03. The Hall–Kier alpha value is -1.46. The van der Waals surface area contributed by atoms with E-state index in [4.69, 9.17) is 10.5 Å². The molecule has 1 aliphatic rings. The molecule has 0 unspecified atom stereocenters. The van der Waals surface area contributed by atoms with Gasteiger partial charge in [0.05, 0.1) is 12.3 Å². The van der Waals surface area contributed by atoms with Crippen LogP contribution in [0.3, 0.4) is 0 Å². The molecular formula is C13H19N3O2.